The first-order chi connectivity index (χ1) is 14.4. The number of carbonyl (C=O) groups is 2. The summed E-state index contributed by atoms with van der Waals surface area (Å²) >= 11 is 1.50. The van der Waals surface area contributed by atoms with Crippen LogP contribution in [-0.2, 0) is 11.2 Å². The Morgan fingerprint density at radius 1 is 1.23 bits per heavy atom. The number of likely N-dealkylation sites (tertiary alicyclic amines) is 1. The van der Waals surface area contributed by atoms with Gasteiger partial charge in [-0.1, -0.05) is 13.8 Å². The SMILES string of the molecule is Cc1nc(CC(C)C)sc1C(=O)N1CCC(C(=O)Nc2ccc3c(c2)OCO3)CC1. The molecular formula is C22H27N3O4S. The molecule has 0 bridgehead atoms. The van der Waals surface area contributed by atoms with Crippen molar-refractivity contribution in [2.24, 2.45) is 11.8 Å². The minimum Gasteiger partial charge on any atom is -0.454 e. The van der Waals surface area contributed by atoms with Gasteiger partial charge >= 0.3 is 0 Å². The van der Waals surface area contributed by atoms with Crippen LogP contribution in [0.3, 0.4) is 0 Å². The number of fused-ring (bicyclic) bond motifs is 1. The van der Waals surface area contributed by atoms with Gasteiger partial charge in [0.1, 0.15) is 4.88 Å². The molecule has 0 unspecified atom stereocenters. The van der Waals surface area contributed by atoms with Crippen molar-refractivity contribution in [3.8, 4) is 11.5 Å². The Morgan fingerprint density at radius 3 is 2.70 bits per heavy atom. The maximum absolute atomic E-state index is 13.0. The lowest BCUT2D eigenvalue weighted by molar-refractivity contribution is -0.121. The topological polar surface area (TPSA) is 80.8 Å². The summed E-state index contributed by atoms with van der Waals surface area (Å²) in [5.74, 6) is 1.75. The Balaban J connectivity index is 1.32. The highest BCUT2D eigenvalue weighted by atomic mass is 32.1. The number of amides is 2. The third kappa shape index (κ3) is 4.43. The maximum atomic E-state index is 13.0. The van der Waals surface area contributed by atoms with Crippen LogP contribution in [0.25, 0.3) is 0 Å². The first-order valence-electron chi connectivity index (χ1n) is 10.4. The molecule has 7 nitrogen and oxygen atoms in total. The number of aromatic nitrogens is 1. The van der Waals surface area contributed by atoms with E-state index in [1.54, 1.807) is 12.1 Å². The van der Waals surface area contributed by atoms with Gasteiger partial charge in [0.25, 0.3) is 5.91 Å². The Kier molecular flexibility index (Phi) is 5.94. The zero-order valence-corrected chi connectivity index (χ0v) is 18.4. The molecule has 0 aliphatic carbocycles. The van der Waals surface area contributed by atoms with Gasteiger partial charge in [-0.2, -0.15) is 0 Å². The van der Waals surface area contributed by atoms with Crippen molar-refractivity contribution in [1.29, 1.82) is 0 Å². The molecule has 0 atom stereocenters. The van der Waals surface area contributed by atoms with E-state index in [0.717, 1.165) is 22.0 Å². The lowest BCUT2D eigenvalue weighted by atomic mass is 9.95. The highest BCUT2D eigenvalue weighted by molar-refractivity contribution is 7.13. The van der Waals surface area contributed by atoms with Gasteiger partial charge in [0.15, 0.2) is 11.5 Å². The summed E-state index contributed by atoms with van der Waals surface area (Å²) in [5, 5.41) is 3.98. The van der Waals surface area contributed by atoms with Gasteiger partial charge < -0.3 is 19.7 Å². The van der Waals surface area contributed by atoms with E-state index in [9.17, 15) is 9.59 Å². The molecule has 30 heavy (non-hydrogen) atoms. The fraction of sp³-hybridized carbons (Fsp3) is 0.500. The average Bonchev–Trinajstić information content (AvgIpc) is 3.32. The molecule has 0 spiro atoms. The highest BCUT2D eigenvalue weighted by Crippen LogP contribution is 2.34. The third-order valence-electron chi connectivity index (χ3n) is 5.41. The minimum atomic E-state index is -0.112. The van der Waals surface area contributed by atoms with Crippen LogP contribution in [-0.4, -0.2) is 41.6 Å². The fourth-order valence-electron chi connectivity index (χ4n) is 3.79. The molecule has 8 heteroatoms. The van der Waals surface area contributed by atoms with Gasteiger partial charge in [0.05, 0.1) is 10.7 Å². The Labute approximate surface area is 180 Å². The van der Waals surface area contributed by atoms with Gasteiger partial charge in [-0.15, -0.1) is 11.3 Å². The number of aryl methyl sites for hydroxylation is 1. The number of ether oxygens (including phenoxy) is 2. The number of hydrogen-bond acceptors (Lipinski definition) is 6. The molecule has 2 aromatic rings. The molecule has 4 rings (SSSR count). The number of anilines is 1. The second kappa shape index (κ2) is 8.63. The maximum Gasteiger partial charge on any atom is 0.265 e. The summed E-state index contributed by atoms with van der Waals surface area (Å²) in [7, 11) is 0. The second-order valence-electron chi connectivity index (χ2n) is 8.24. The van der Waals surface area contributed by atoms with Gasteiger partial charge in [-0.3, -0.25) is 9.59 Å². The van der Waals surface area contributed by atoms with Crippen molar-refractivity contribution < 1.29 is 19.1 Å². The minimum absolute atomic E-state index is 0.0193. The number of thiazole rings is 1. The summed E-state index contributed by atoms with van der Waals surface area (Å²) < 4.78 is 10.7. The summed E-state index contributed by atoms with van der Waals surface area (Å²) in [6, 6.07) is 5.38. The first kappa shape index (κ1) is 20.7. The molecule has 1 N–H and O–H groups in total. The Morgan fingerprint density at radius 2 is 1.97 bits per heavy atom. The van der Waals surface area contributed by atoms with Crippen molar-refractivity contribution in [2.75, 3.05) is 25.2 Å². The van der Waals surface area contributed by atoms with Crippen LogP contribution >= 0.6 is 11.3 Å². The van der Waals surface area contributed by atoms with E-state index in [1.165, 1.54) is 11.3 Å². The van der Waals surface area contributed by atoms with Crippen molar-refractivity contribution in [3.05, 3.63) is 33.8 Å². The van der Waals surface area contributed by atoms with Crippen molar-refractivity contribution >= 4 is 28.8 Å². The fourth-order valence-corrected chi connectivity index (χ4v) is 5.04. The largest absolute Gasteiger partial charge is 0.454 e. The number of nitrogens with one attached hydrogen (secondary N) is 1. The number of piperidine rings is 1. The molecule has 1 aromatic carbocycles. The number of hydrogen-bond donors (Lipinski definition) is 1. The molecule has 0 radical (unpaired) electrons. The average molecular weight is 430 g/mol. The number of rotatable bonds is 5. The van der Waals surface area contributed by atoms with E-state index in [1.807, 2.05) is 17.9 Å². The predicted octanol–water partition coefficient (Wildman–Crippen LogP) is 3.87. The summed E-state index contributed by atoms with van der Waals surface area (Å²) in [6.07, 6.45) is 2.19. The van der Waals surface area contributed by atoms with Crippen LogP contribution in [0.5, 0.6) is 11.5 Å². The Bertz CT molecular complexity index is 948. The molecule has 0 saturated carbocycles. The van der Waals surface area contributed by atoms with E-state index >= 15 is 0 Å². The van der Waals surface area contributed by atoms with E-state index in [-0.39, 0.29) is 24.5 Å². The molecule has 160 valence electrons. The standard InChI is InChI=1S/C22H27N3O4S/c1-13(2)10-19-23-14(3)20(30-19)22(27)25-8-6-15(7-9-25)21(26)24-16-4-5-17-18(11-16)29-12-28-17/h4-5,11,13,15H,6-10,12H2,1-3H3,(H,24,26). The van der Waals surface area contributed by atoms with E-state index in [4.69, 9.17) is 9.47 Å². The van der Waals surface area contributed by atoms with E-state index in [2.05, 4.69) is 24.1 Å². The summed E-state index contributed by atoms with van der Waals surface area (Å²) in [5.41, 5.74) is 1.50. The molecule has 1 saturated heterocycles. The van der Waals surface area contributed by atoms with Gasteiger partial charge in [0.2, 0.25) is 12.7 Å². The molecule has 2 aliphatic rings. The second-order valence-corrected chi connectivity index (χ2v) is 9.33. The van der Waals surface area contributed by atoms with Gasteiger partial charge in [-0.05, 0) is 37.8 Å². The quantitative estimate of drug-likeness (QED) is 0.780. The van der Waals surface area contributed by atoms with Crippen LogP contribution in [0.15, 0.2) is 18.2 Å². The number of nitrogens with zero attached hydrogens (tertiary/aromatic N) is 2. The van der Waals surface area contributed by atoms with E-state index < -0.39 is 0 Å². The lowest BCUT2D eigenvalue weighted by Crippen LogP contribution is -2.41. The zero-order valence-electron chi connectivity index (χ0n) is 17.6. The predicted molar refractivity (Wildman–Crippen MR) is 115 cm³/mol. The zero-order chi connectivity index (χ0) is 21.3. The lowest BCUT2D eigenvalue weighted by Gasteiger charge is -2.31. The smallest absolute Gasteiger partial charge is 0.265 e. The molecule has 1 aromatic heterocycles. The van der Waals surface area contributed by atoms with E-state index in [0.29, 0.717) is 49.0 Å². The molecule has 2 amide bonds. The van der Waals surface area contributed by atoms with Crippen LogP contribution in [0.4, 0.5) is 5.69 Å². The van der Waals surface area contributed by atoms with Gasteiger partial charge in [0, 0.05) is 37.2 Å². The molecule has 1 fully saturated rings. The summed E-state index contributed by atoms with van der Waals surface area (Å²) in [4.78, 5) is 32.8. The van der Waals surface area contributed by atoms with Crippen LogP contribution < -0.4 is 14.8 Å². The third-order valence-corrected chi connectivity index (χ3v) is 6.58. The molecular weight excluding hydrogens is 402 g/mol. The molecule has 2 aliphatic heterocycles. The molecule has 3 heterocycles. The van der Waals surface area contributed by atoms with Crippen LogP contribution in [0.1, 0.15) is 47.1 Å². The van der Waals surface area contributed by atoms with Gasteiger partial charge in [-0.25, -0.2) is 4.98 Å². The van der Waals surface area contributed by atoms with Crippen LogP contribution in [0.2, 0.25) is 0 Å². The van der Waals surface area contributed by atoms with Crippen molar-refractivity contribution in [2.45, 2.75) is 40.0 Å². The number of carbonyl (C=O) groups excluding carboxylic acids is 2. The van der Waals surface area contributed by atoms with Crippen molar-refractivity contribution in [3.63, 3.8) is 0 Å². The number of benzene rings is 1. The Hall–Kier alpha value is -2.61. The first-order valence-corrected chi connectivity index (χ1v) is 11.2. The highest BCUT2D eigenvalue weighted by Gasteiger charge is 2.30. The monoisotopic (exact) mass is 429 g/mol. The van der Waals surface area contributed by atoms with Crippen LogP contribution in [0, 0.1) is 18.8 Å². The normalized spacial score (nSPS) is 16.2. The summed E-state index contributed by atoms with van der Waals surface area (Å²) in [6.45, 7) is 7.57. The van der Waals surface area contributed by atoms with Crippen molar-refractivity contribution in [1.82, 2.24) is 9.88 Å².